The molecule has 3 aliphatic heterocycles. The first-order valence-corrected chi connectivity index (χ1v) is 13.0. The summed E-state index contributed by atoms with van der Waals surface area (Å²) in [4.78, 5) is 24.4. The molecule has 38 heavy (non-hydrogen) atoms. The third-order valence-electron chi connectivity index (χ3n) is 7.11. The van der Waals surface area contributed by atoms with Crippen molar-refractivity contribution in [2.75, 3.05) is 50.7 Å². The van der Waals surface area contributed by atoms with Crippen molar-refractivity contribution in [1.82, 2.24) is 46.0 Å². The lowest BCUT2D eigenvalue weighted by Crippen LogP contribution is -2.43. The van der Waals surface area contributed by atoms with Gasteiger partial charge in [-0.1, -0.05) is 0 Å². The average molecular weight is 524 g/mol. The third-order valence-corrected chi connectivity index (χ3v) is 7.11. The second-order valence-corrected chi connectivity index (χ2v) is 9.93. The molecule has 3 aliphatic rings. The number of fused-ring (bicyclic) bond motifs is 1. The summed E-state index contributed by atoms with van der Waals surface area (Å²) in [5.74, 6) is 1.15. The van der Waals surface area contributed by atoms with Gasteiger partial charge in [-0.15, -0.1) is 0 Å². The number of carbonyl (C=O) groups excluding carboxylic acids is 1. The van der Waals surface area contributed by atoms with Crippen LogP contribution >= 0.6 is 0 Å². The second kappa shape index (κ2) is 11.4. The molecule has 2 aromatic rings. The molecule has 1 fully saturated rings. The Morgan fingerprint density at radius 3 is 2.84 bits per heavy atom. The summed E-state index contributed by atoms with van der Waals surface area (Å²) in [5.41, 5.74) is 6.58. The number of hydrazine groups is 1. The van der Waals surface area contributed by atoms with Crippen LogP contribution in [0, 0.1) is 0 Å². The fourth-order valence-electron chi connectivity index (χ4n) is 4.82. The Hall–Kier alpha value is -3.68. The molecule has 13 nitrogen and oxygen atoms in total. The van der Waals surface area contributed by atoms with Crippen LogP contribution in [-0.4, -0.2) is 83.0 Å². The molecule has 2 aromatic heterocycles. The molecule has 2 atom stereocenters. The van der Waals surface area contributed by atoms with E-state index in [2.05, 4.69) is 53.7 Å². The molecule has 0 radical (unpaired) electrons. The van der Waals surface area contributed by atoms with Crippen molar-refractivity contribution >= 4 is 23.4 Å². The normalized spacial score (nSPS) is 21.4. The van der Waals surface area contributed by atoms with E-state index in [1.54, 1.807) is 23.3 Å². The van der Waals surface area contributed by atoms with Crippen molar-refractivity contribution in [3.05, 3.63) is 47.7 Å². The monoisotopic (exact) mass is 523 g/mol. The van der Waals surface area contributed by atoms with Crippen LogP contribution in [0.15, 0.2) is 42.1 Å². The molecule has 0 saturated carbocycles. The van der Waals surface area contributed by atoms with Gasteiger partial charge in [0.15, 0.2) is 5.82 Å². The van der Waals surface area contributed by atoms with Crippen molar-refractivity contribution in [1.29, 1.82) is 0 Å². The van der Waals surface area contributed by atoms with Gasteiger partial charge < -0.3 is 30.9 Å². The smallest absolute Gasteiger partial charge is 0.252 e. The van der Waals surface area contributed by atoms with Crippen molar-refractivity contribution in [3.63, 3.8) is 0 Å². The van der Waals surface area contributed by atoms with E-state index in [0.717, 1.165) is 55.4 Å². The number of ether oxygens (including phenoxy) is 1. The van der Waals surface area contributed by atoms with Crippen molar-refractivity contribution in [2.24, 2.45) is 7.05 Å². The Bertz CT molecular complexity index is 1200. The van der Waals surface area contributed by atoms with E-state index in [-0.39, 0.29) is 18.1 Å². The van der Waals surface area contributed by atoms with Crippen LogP contribution in [0.3, 0.4) is 0 Å². The minimum atomic E-state index is -0.242. The number of rotatable bonds is 9. The van der Waals surface area contributed by atoms with E-state index in [1.165, 1.54) is 0 Å². The topological polar surface area (TPSA) is 137 Å². The van der Waals surface area contributed by atoms with Gasteiger partial charge in [-0.25, -0.2) is 10.4 Å². The van der Waals surface area contributed by atoms with Gasteiger partial charge in [-0.3, -0.25) is 14.5 Å². The number of anilines is 3. The summed E-state index contributed by atoms with van der Waals surface area (Å²) in [7, 11) is 5.88. The summed E-state index contributed by atoms with van der Waals surface area (Å²) < 4.78 is 7.16. The lowest BCUT2D eigenvalue weighted by atomic mass is 10.1. The highest BCUT2D eigenvalue weighted by Gasteiger charge is 2.30. The summed E-state index contributed by atoms with van der Waals surface area (Å²) in [6, 6.07) is 0.522. The van der Waals surface area contributed by atoms with E-state index < -0.39 is 0 Å². The zero-order valence-corrected chi connectivity index (χ0v) is 22.4. The number of dihydropyridines is 1. The third kappa shape index (κ3) is 5.90. The lowest BCUT2D eigenvalue weighted by molar-refractivity contribution is -0.117. The fourth-order valence-corrected chi connectivity index (χ4v) is 4.82. The van der Waals surface area contributed by atoms with Crippen molar-refractivity contribution in [3.8, 4) is 0 Å². The molecule has 13 heteroatoms. The van der Waals surface area contributed by atoms with Gasteiger partial charge in [-0.05, 0) is 32.9 Å². The second-order valence-electron chi connectivity index (χ2n) is 9.93. The first-order chi connectivity index (χ1) is 18.4. The van der Waals surface area contributed by atoms with Gasteiger partial charge in [-0.2, -0.15) is 10.1 Å². The number of nitrogens with one attached hydrogen (secondary N) is 5. The highest BCUT2D eigenvalue weighted by Crippen LogP contribution is 2.30. The first-order valence-electron chi connectivity index (χ1n) is 13.0. The van der Waals surface area contributed by atoms with Gasteiger partial charge in [0.25, 0.3) is 5.91 Å². The molecule has 5 N–H and O–H groups in total. The van der Waals surface area contributed by atoms with E-state index in [4.69, 9.17) is 4.74 Å². The van der Waals surface area contributed by atoms with Gasteiger partial charge in [0, 0.05) is 70.7 Å². The molecule has 2 unspecified atom stereocenters. The Morgan fingerprint density at radius 1 is 1.26 bits per heavy atom. The largest absolute Gasteiger partial charge is 0.382 e. The maximum atomic E-state index is 12.9. The summed E-state index contributed by atoms with van der Waals surface area (Å²) in [5, 5.41) is 19.1. The SMILES string of the molecule is CC1NC=C(C(=O)NCCN(C)C2CCOCC2)C=C1NC1NN(C)c2nc(Nc3cnn(C)c3)ncc21. The van der Waals surface area contributed by atoms with Crippen LogP contribution in [0.5, 0.6) is 0 Å². The summed E-state index contributed by atoms with van der Waals surface area (Å²) in [6.07, 6.45) is 10.9. The maximum Gasteiger partial charge on any atom is 0.252 e. The Morgan fingerprint density at radius 2 is 2.08 bits per heavy atom. The Kier molecular flexibility index (Phi) is 7.77. The van der Waals surface area contributed by atoms with Crippen LogP contribution in [0.25, 0.3) is 0 Å². The molecular weight excluding hydrogens is 486 g/mol. The van der Waals surface area contributed by atoms with Gasteiger partial charge in [0.2, 0.25) is 5.95 Å². The van der Waals surface area contributed by atoms with Crippen LogP contribution < -0.4 is 31.7 Å². The maximum absolute atomic E-state index is 12.9. The minimum Gasteiger partial charge on any atom is -0.382 e. The molecule has 5 heterocycles. The lowest BCUT2D eigenvalue weighted by Gasteiger charge is -2.31. The van der Waals surface area contributed by atoms with Crippen LogP contribution in [0.2, 0.25) is 0 Å². The molecule has 1 saturated heterocycles. The van der Waals surface area contributed by atoms with Gasteiger partial charge in [0.1, 0.15) is 6.17 Å². The van der Waals surface area contributed by atoms with Crippen molar-refractivity contribution in [2.45, 2.75) is 38.0 Å². The number of aryl methyl sites for hydroxylation is 1. The van der Waals surface area contributed by atoms with Crippen molar-refractivity contribution < 1.29 is 9.53 Å². The average Bonchev–Trinajstić information content (AvgIpc) is 3.47. The number of hydrogen-bond acceptors (Lipinski definition) is 11. The van der Waals surface area contributed by atoms with Crippen LogP contribution in [-0.2, 0) is 16.6 Å². The highest BCUT2D eigenvalue weighted by atomic mass is 16.5. The fraction of sp³-hybridized carbons (Fsp3) is 0.520. The van der Waals surface area contributed by atoms with E-state index in [0.29, 0.717) is 24.1 Å². The number of amides is 1. The molecule has 204 valence electrons. The molecule has 1 amide bonds. The van der Waals surface area contributed by atoms with Crippen LogP contribution in [0.1, 0.15) is 31.5 Å². The summed E-state index contributed by atoms with van der Waals surface area (Å²) >= 11 is 0. The predicted molar refractivity (Wildman–Crippen MR) is 144 cm³/mol. The van der Waals surface area contributed by atoms with Gasteiger partial charge in [0.05, 0.1) is 29.1 Å². The number of aromatic nitrogens is 4. The minimum absolute atomic E-state index is 0.00907. The summed E-state index contributed by atoms with van der Waals surface area (Å²) in [6.45, 7) is 5.05. The Balaban J connectivity index is 1.19. The molecular formula is C25H37N11O2. The quantitative estimate of drug-likeness (QED) is 0.314. The molecule has 0 bridgehead atoms. The number of carbonyl (C=O) groups is 1. The van der Waals surface area contributed by atoms with Crippen LogP contribution in [0.4, 0.5) is 17.5 Å². The van der Waals surface area contributed by atoms with E-state index >= 15 is 0 Å². The zero-order chi connectivity index (χ0) is 26.6. The molecule has 0 aromatic carbocycles. The number of likely N-dealkylation sites (N-methyl/N-ethyl adjacent to an activating group) is 1. The number of hydrogen-bond donors (Lipinski definition) is 5. The predicted octanol–water partition coefficient (Wildman–Crippen LogP) is 0.483. The molecule has 5 rings (SSSR count). The molecule has 0 aliphatic carbocycles. The Labute approximate surface area is 222 Å². The molecule has 0 spiro atoms. The van der Waals surface area contributed by atoms with Gasteiger partial charge >= 0.3 is 0 Å². The standard InChI is InChI=1S/C25H37N11O2/c1-16-21(11-17(12-27-16)24(37)26-7-8-34(2)19-5-9-38-10-6-19)31-22-20-14-28-25(32-23(20)36(4)33-22)30-18-13-29-35(3)15-18/h11-16,19,22,27,31,33H,5-10H2,1-4H3,(H,26,37)(H,28,30,32). The first kappa shape index (κ1) is 25.9. The van der Waals surface area contributed by atoms with E-state index in [1.807, 2.05) is 38.3 Å². The highest BCUT2D eigenvalue weighted by molar-refractivity contribution is 5.96. The number of nitrogens with zero attached hydrogens (tertiary/aromatic N) is 6. The van der Waals surface area contributed by atoms with E-state index in [9.17, 15) is 4.79 Å². The zero-order valence-electron chi connectivity index (χ0n) is 22.4.